The molecule has 0 amide bonds. The van der Waals surface area contributed by atoms with Crippen LogP contribution in [0.25, 0.3) is 0 Å². The highest BCUT2D eigenvalue weighted by molar-refractivity contribution is 5.29. The first-order chi connectivity index (χ1) is 12.0. The third kappa shape index (κ3) is 5.18. The van der Waals surface area contributed by atoms with Crippen molar-refractivity contribution in [2.75, 3.05) is 7.05 Å². The molecule has 2 aromatic rings. The molecule has 0 aliphatic carbocycles. The van der Waals surface area contributed by atoms with E-state index in [1.54, 1.807) is 0 Å². The lowest BCUT2D eigenvalue weighted by Crippen LogP contribution is -2.28. The van der Waals surface area contributed by atoms with Gasteiger partial charge in [0.25, 0.3) is 0 Å². The van der Waals surface area contributed by atoms with Crippen molar-refractivity contribution < 1.29 is 5.11 Å². The highest BCUT2D eigenvalue weighted by Crippen LogP contribution is 2.29. The lowest BCUT2D eigenvalue weighted by molar-refractivity contribution is 0.00894. The fourth-order valence-corrected chi connectivity index (χ4v) is 3.11. The molecule has 0 saturated heterocycles. The second-order valence-corrected chi connectivity index (χ2v) is 9.12. The molecule has 1 unspecified atom stereocenters. The first kappa shape index (κ1) is 20.7. The average Bonchev–Trinajstić information content (AvgIpc) is 2.54. The van der Waals surface area contributed by atoms with Gasteiger partial charge in [0, 0.05) is 13.1 Å². The molecule has 0 aromatic heterocycles. The zero-order valence-corrected chi connectivity index (χ0v) is 17.5. The molecule has 142 valence electrons. The number of nitrogens with zero attached hydrogens (tertiary/aromatic N) is 1. The number of aliphatic hydroxyl groups is 1. The van der Waals surface area contributed by atoms with E-state index < -0.39 is 5.60 Å². The summed E-state index contributed by atoms with van der Waals surface area (Å²) in [5.74, 6) is 0.178. The quantitative estimate of drug-likeness (QED) is 0.743. The van der Waals surface area contributed by atoms with E-state index in [2.05, 4.69) is 83.0 Å². The second-order valence-electron chi connectivity index (χ2n) is 9.12. The van der Waals surface area contributed by atoms with Gasteiger partial charge in [-0.3, -0.25) is 4.90 Å². The Labute approximate surface area is 159 Å². The zero-order valence-electron chi connectivity index (χ0n) is 17.5. The van der Waals surface area contributed by atoms with Gasteiger partial charge < -0.3 is 5.11 Å². The smallest absolute Gasteiger partial charge is 0.0891 e. The van der Waals surface area contributed by atoms with Crippen LogP contribution in [0.4, 0.5) is 0 Å². The molecule has 0 saturated carbocycles. The SMILES string of the molecule is CC(C)C(C)(O)c1cccc(CN(C)Cc2ccc(C(C)(C)C)cc2)c1. The molecule has 2 rings (SSSR count). The minimum atomic E-state index is -0.794. The first-order valence-electron chi connectivity index (χ1n) is 9.60. The molecule has 0 bridgehead atoms. The van der Waals surface area contributed by atoms with Gasteiger partial charge in [0.15, 0.2) is 0 Å². The molecule has 1 N–H and O–H groups in total. The normalized spacial score (nSPS) is 14.7. The van der Waals surface area contributed by atoms with Crippen LogP contribution in [-0.2, 0) is 24.1 Å². The molecule has 2 aromatic carbocycles. The van der Waals surface area contributed by atoms with Crippen molar-refractivity contribution in [2.24, 2.45) is 5.92 Å². The van der Waals surface area contributed by atoms with Gasteiger partial charge in [0.2, 0.25) is 0 Å². The Morgan fingerprint density at radius 2 is 1.42 bits per heavy atom. The summed E-state index contributed by atoms with van der Waals surface area (Å²) in [6.45, 7) is 14.5. The maximum absolute atomic E-state index is 10.7. The van der Waals surface area contributed by atoms with E-state index in [1.807, 2.05) is 19.1 Å². The Morgan fingerprint density at radius 1 is 0.846 bits per heavy atom. The van der Waals surface area contributed by atoms with E-state index in [0.717, 1.165) is 18.7 Å². The van der Waals surface area contributed by atoms with Crippen LogP contribution in [-0.4, -0.2) is 17.1 Å². The van der Waals surface area contributed by atoms with Crippen LogP contribution in [0.1, 0.15) is 63.8 Å². The minimum absolute atomic E-state index is 0.178. The number of hydrogen-bond donors (Lipinski definition) is 1. The van der Waals surface area contributed by atoms with Crippen molar-refractivity contribution in [1.29, 1.82) is 0 Å². The molecule has 1 atom stereocenters. The maximum Gasteiger partial charge on any atom is 0.0891 e. The molecule has 26 heavy (non-hydrogen) atoms. The summed E-state index contributed by atoms with van der Waals surface area (Å²) >= 11 is 0. The Bertz CT molecular complexity index is 708. The predicted molar refractivity (Wildman–Crippen MR) is 111 cm³/mol. The van der Waals surface area contributed by atoms with Gasteiger partial charge >= 0.3 is 0 Å². The summed E-state index contributed by atoms with van der Waals surface area (Å²) in [7, 11) is 2.14. The van der Waals surface area contributed by atoms with E-state index in [4.69, 9.17) is 0 Å². The molecule has 0 aliphatic rings. The summed E-state index contributed by atoms with van der Waals surface area (Å²) in [6.07, 6.45) is 0. The third-order valence-corrected chi connectivity index (χ3v) is 5.36. The van der Waals surface area contributed by atoms with E-state index in [0.29, 0.717) is 0 Å². The number of rotatable bonds is 6. The molecule has 2 nitrogen and oxygen atoms in total. The van der Waals surface area contributed by atoms with Gasteiger partial charge in [0.1, 0.15) is 0 Å². The Hall–Kier alpha value is -1.64. The lowest BCUT2D eigenvalue weighted by atomic mass is 9.84. The lowest BCUT2D eigenvalue weighted by Gasteiger charge is -2.29. The van der Waals surface area contributed by atoms with Gasteiger partial charge in [-0.1, -0.05) is 83.1 Å². The largest absolute Gasteiger partial charge is 0.385 e. The summed E-state index contributed by atoms with van der Waals surface area (Å²) in [4.78, 5) is 2.31. The van der Waals surface area contributed by atoms with Crippen molar-refractivity contribution in [2.45, 2.75) is 65.6 Å². The summed E-state index contributed by atoms with van der Waals surface area (Å²) < 4.78 is 0. The summed E-state index contributed by atoms with van der Waals surface area (Å²) in [6, 6.07) is 17.3. The summed E-state index contributed by atoms with van der Waals surface area (Å²) in [5.41, 5.74) is 4.32. The Morgan fingerprint density at radius 3 is 1.96 bits per heavy atom. The third-order valence-electron chi connectivity index (χ3n) is 5.36. The molecule has 0 fully saturated rings. The first-order valence-corrected chi connectivity index (χ1v) is 9.60. The van der Waals surface area contributed by atoms with E-state index in [9.17, 15) is 5.11 Å². The van der Waals surface area contributed by atoms with E-state index >= 15 is 0 Å². The van der Waals surface area contributed by atoms with Gasteiger partial charge in [-0.05, 0) is 47.6 Å². The van der Waals surface area contributed by atoms with Crippen LogP contribution in [0.3, 0.4) is 0 Å². The molecule has 0 spiro atoms. The molecule has 0 aliphatic heterocycles. The Balaban J connectivity index is 2.05. The van der Waals surface area contributed by atoms with Crippen LogP contribution < -0.4 is 0 Å². The minimum Gasteiger partial charge on any atom is -0.385 e. The summed E-state index contributed by atoms with van der Waals surface area (Å²) in [5, 5.41) is 10.7. The second kappa shape index (κ2) is 7.94. The van der Waals surface area contributed by atoms with Crippen LogP contribution in [0.5, 0.6) is 0 Å². The van der Waals surface area contributed by atoms with Gasteiger partial charge in [-0.25, -0.2) is 0 Å². The van der Waals surface area contributed by atoms with Crippen LogP contribution in [0, 0.1) is 5.92 Å². The van der Waals surface area contributed by atoms with Crippen LogP contribution in [0.2, 0.25) is 0 Å². The molecule has 0 radical (unpaired) electrons. The number of benzene rings is 2. The van der Waals surface area contributed by atoms with Crippen LogP contribution in [0.15, 0.2) is 48.5 Å². The van der Waals surface area contributed by atoms with Crippen molar-refractivity contribution in [3.63, 3.8) is 0 Å². The fraction of sp³-hybridized carbons (Fsp3) is 0.500. The van der Waals surface area contributed by atoms with E-state index in [-0.39, 0.29) is 11.3 Å². The number of hydrogen-bond acceptors (Lipinski definition) is 2. The maximum atomic E-state index is 10.7. The molecular formula is C24H35NO. The van der Waals surface area contributed by atoms with Gasteiger partial charge in [0.05, 0.1) is 5.60 Å². The van der Waals surface area contributed by atoms with Crippen LogP contribution >= 0.6 is 0 Å². The van der Waals surface area contributed by atoms with Crippen molar-refractivity contribution in [3.8, 4) is 0 Å². The average molecular weight is 354 g/mol. The Kier molecular flexibility index (Phi) is 6.31. The highest BCUT2D eigenvalue weighted by Gasteiger charge is 2.27. The monoisotopic (exact) mass is 353 g/mol. The molecule has 0 heterocycles. The van der Waals surface area contributed by atoms with Gasteiger partial charge in [-0.15, -0.1) is 0 Å². The van der Waals surface area contributed by atoms with Gasteiger partial charge in [-0.2, -0.15) is 0 Å². The van der Waals surface area contributed by atoms with Crippen molar-refractivity contribution in [1.82, 2.24) is 4.90 Å². The topological polar surface area (TPSA) is 23.5 Å². The molecular weight excluding hydrogens is 318 g/mol. The highest BCUT2D eigenvalue weighted by atomic mass is 16.3. The molecule has 2 heteroatoms. The van der Waals surface area contributed by atoms with E-state index in [1.165, 1.54) is 16.7 Å². The zero-order chi connectivity index (χ0) is 19.5. The fourth-order valence-electron chi connectivity index (χ4n) is 3.11. The van der Waals surface area contributed by atoms with Crippen molar-refractivity contribution in [3.05, 3.63) is 70.8 Å². The van der Waals surface area contributed by atoms with Crippen molar-refractivity contribution >= 4 is 0 Å². The standard InChI is InChI=1S/C24H35NO/c1-18(2)24(6,26)22-10-8-9-20(15-22)17-25(7)16-19-11-13-21(14-12-19)23(3,4)5/h8-15,18,26H,16-17H2,1-7H3. The predicted octanol–water partition coefficient (Wildman–Crippen LogP) is 5.48.